The molecule has 2 atom stereocenters. The minimum atomic E-state index is -3.10. The highest BCUT2D eigenvalue weighted by Gasteiger charge is 2.30. The fraction of sp³-hybridized carbons (Fsp3) is 0.471. The van der Waals surface area contributed by atoms with Crippen LogP contribution in [-0.4, -0.2) is 56.3 Å². The van der Waals surface area contributed by atoms with Gasteiger partial charge in [0.05, 0.1) is 11.5 Å². The van der Waals surface area contributed by atoms with Crippen LogP contribution in [-0.2, 0) is 24.2 Å². The summed E-state index contributed by atoms with van der Waals surface area (Å²) in [7, 11) is -3.10. The van der Waals surface area contributed by atoms with E-state index in [1.54, 1.807) is 24.3 Å². The lowest BCUT2D eigenvalue weighted by Crippen LogP contribution is -2.43. The Morgan fingerprint density at radius 2 is 1.88 bits per heavy atom. The molecule has 0 saturated carbocycles. The average Bonchev–Trinajstić information content (AvgIpc) is 2.91. The summed E-state index contributed by atoms with van der Waals surface area (Å²) < 4.78 is 33.0. The van der Waals surface area contributed by atoms with Gasteiger partial charge in [-0.15, -0.1) is 0 Å². The molecule has 1 aromatic rings. The van der Waals surface area contributed by atoms with Crippen molar-refractivity contribution in [1.82, 2.24) is 5.32 Å². The van der Waals surface area contributed by atoms with Gasteiger partial charge in [-0.25, -0.2) is 13.2 Å². The van der Waals surface area contributed by atoms with Crippen molar-refractivity contribution in [3.05, 3.63) is 29.8 Å². The number of sulfone groups is 1. The van der Waals surface area contributed by atoms with Gasteiger partial charge in [0.15, 0.2) is 28.3 Å². The molecule has 0 aliphatic carbocycles. The number of ether oxygens (including phenoxy) is 2. The van der Waals surface area contributed by atoms with Gasteiger partial charge >= 0.3 is 5.97 Å². The molecule has 0 bridgehead atoms. The Morgan fingerprint density at radius 3 is 2.42 bits per heavy atom. The van der Waals surface area contributed by atoms with Crippen LogP contribution in [0.4, 0.5) is 0 Å². The molecule has 0 unspecified atom stereocenters. The molecular weight excluding hydrogens is 362 g/mol. The molecule has 26 heavy (non-hydrogen) atoms. The van der Waals surface area contributed by atoms with Crippen molar-refractivity contribution >= 4 is 27.5 Å². The molecule has 0 radical (unpaired) electrons. The zero-order valence-corrected chi connectivity index (χ0v) is 15.4. The van der Waals surface area contributed by atoms with Gasteiger partial charge in [-0.05, 0) is 44.5 Å². The Hall–Kier alpha value is -2.42. The first-order valence-electron chi connectivity index (χ1n) is 8.10. The molecule has 1 amide bonds. The SMILES string of the molecule is CC(=O)c1ccc(OCC(=O)O[C@H](C)C(=O)N[C@H]2CCS(=O)(=O)C2)cc1. The molecule has 0 spiro atoms. The number of hydrogen-bond donors (Lipinski definition) is 1. The number of rotatable bonds is 7. The predicted octanol–water partition coefficient (Wildman–Crippen LogP) is 0.503. The summed E-state index contributed by atoms with van der Waals surface area (Å²) in [6.07, 6.45) is -0.705. The molecular formula is C17H21NO7S. The van der Waals surface area contributed by atoms with E-state index in [0.29, 0.717) is 17.7 Å². The van der Waals surface area contributed by atoms with E-state index in [1.165, 1.54) is 13.8 Å². The maximum Gasteiger partial charge on any atom is 0.344 e. The van der Waals surface area contributed by atoms with E-state index in [0.717, 1.165) is 0 Å². The van der Waals surface area contributed by atoms with E-state index in [2.05, 4.69) is 5.32 Å². The number of Topliss-reactive ketones (excluding diaryl/α,β-unsaturated/α-hetero) is 1. The number of benzene rings is 1. The summed E-state index contributed by atoms with van der Waals surface area (Å²) in [5.74, 6) is -1.03. The van der Waals surface area contributed by atoms with Gasteiger partial charge in [-0.2, -0.15) is 0 Å². The molecule has 1 fully saturated rings. The number of nitrogens with one attached hydrogen (secondary N) is 1. The molecule has 142 valence electrons. The number of esters is 1. The lowest BCUT2D eigenvalue weighted by molar-refractivity contribution is -0.156. The molecule has 1 N–H and O–H groups in total. The third-order valence-corrected chi connectivity index (χ3v) is 5.64. The van der Waals surface area contributed by atoms with Crippen LogP contribution in [0.2, 0.25) is 0 Å². The lowest BCUT2D eigenvalue weighted by atomic mass is 10.1. The van der Waals surface area contributed by atoms with Crippen LogP contribution in [0.25, 0.3) is 0 Å². The second kappa shape index (κ2) is 8.31. The van der Waals surface area contributed by atoms with Crippen LogP contribution < -0.4 is 10.1 Å². The summed E-state index contributed by atoms with van der Waals surface area (Å²) in [6, 6.07) is 5.81. The number of carbonyl (C=O) groups excluding carboxylic acids is 3. The van der Waals surface area contributed by atoms with E-state index in [-0.39, 0.29) is 17.3 Å². The maximum absolute atomic E-state index is 12.0. The van der Waals surface area contributed by atoms with Crippen molar-refractivity contribution in [3.8, 4) is 5.75 Å². The van der Waals surface area contributed by atoms with Gasteiger partial charge < -0.3 is 14.8 Å². The highest BCUT2D eigenvalue weighted by atomic mass is 32.2. The van der Waals surface area contributed by atoms with Crippen LogP contribution in [0.15, 0.2) is 24.3 Å². The van der Waals surface area contributed by atoms with Crippen LogP contribution in [0, 0.1) is 0 Å². The Labute approximate surface area is 151 Å². The first-order chi connectivity index (χ1) is 12.2. The fourth-order valence-corrected chi connectivity index (χ4v) is 4.11. The third kappa shape index (κ3) is 5.83. The van der Waals surface area contributed by atoms with Gasteiger partial charge in [-0.1, -0.05) is 0 Å². The van der Waals surface area contributed by atoms with Crippen molar-refractivity contribution in [2.24, 2.45) is 0 Å². The van der Waals surface area contributed by atoms with E-state index >= 15 is 0 Å². The van der Waals surface area contributed by atoms with Crippen molar-refractivity contribution in [2.75, 3.05) is 18.1 Å². The molecule has 9 heteroatoms. The number of carbonyl (C=O) groups is 3. The monoisotopic (exact) mass is 383 g/mol. The Kier molecular flexibility index (Phi) is 6.36. The summed E-state index contributed by atoms with van der Waals surface area (Å²) >= 11 is 0. The second-order valence-corrected chi connectivity index (χ2v) is 8.34. The van der Waals surface area contributed by atoms with E-state index in [4.69, 9.17) is 9.47 Å². The first-order valence-corrected chi connectivity index (χ1v) is 9.92. The Balaban J connectivity index is 1.76. The van der Waals surface area contributed by atoms with Crippen LogP contribution in [0.1, 0.15) is 30.6 Å². The zero-order chi connectivity index (χ0) is 19.3. The standard InChI is InChI=1S/C17H21NO7S/c1-11(19)13-3-5-15(6-4-13)24-9-16(20)25-12(2)17(21)18-14-7-8-26(22,23)10-14/h3-6,12,14H,7-10H2,1-2H3,(H,18,21)/t12-,14+/m1/s1. The predicted molar refractivity (Wildman–Crippen MR) is 92.7 cm³/mol. The largest absolute Gasteiger partial charge is 0.482 e. The fourth-order valence-electron chi connectivity index (χ4n) is 2.44. The Morgan fingerprint density at radius 1 is 1.23 bits per heavy atom. The van der Waals surface area contributed by atoms with Crippen molar-refractivity contribution in [2.45, 2.75) is 32.4 Å². The van der Waals surface area contributed by atoms with E-state index < -0.39 is 40.5 Å². The molecule has 1 heterocycles. The number of amides is 1. The van der Waals surface area contributed by atoms with Crippen LogP contribution >= 0.6 is 0 Å². The van der Waals surface area contributed by atoms with Gasteiger partial charge in [0, 0.05) is 11.6 Å². The van der Waals surface area contributed by atoms with Crippen molar-refractivity contribution < 1.29 is 32.3 Å². The lowest BCUT2D eigenvalue weighted by Gasteiger charge is -2.16. The van der Waals surface area contributed by atoms with E-state index in [9.17, 15) is 22.8 Å². The topological polar surface area (TPSA) is 116 Å². The smallest absolute Gasteiger partial charge is 0.344 e. The van der Waals surface area contributed by atoms with Gasteiger partial charge in [-0.3, -0.25) is 9.59 Å². The summed E-state index contributed by atoms with van der Waals surface area (Å²) in [6.45, 7) is 2.45. The van der Waals surface area contributed by atoms with Gasteiger partial charge in [0.1, 0.15) is 5.75 Å². The summed E-state index contributed by atoms with van der Waals surface area (Å²) in [5.41, 5.74) is 0.527. The zero-order valence-electron chi connectivity index (χ0n) is 14.6. The summed E-state index contributed by atoms with van der Waals surface area (Å²) in [4.78, 5) is 34.9. The van der Waals surface area contributed by atoms with Gasteiger partial charge in [0.25, 0.3) is 5.91 Å². The molecule has 1 saturated heterocycles. The van der Waals surface area contributed by atoms with Crippen molar-refractivity contribution in [1.29, 1.82) is 0 Å². The molecule has 1 aromatic carbocycles. The minimum Gasteiger partial charge on any atom is -0.482 e. The minimum absolute atomic E-state index is 0.0440. The second-order valence-electron chi connectivity index (χ2n) is 6.11. The highest BCUT2D eigenvalue weighted by molar-refractivity contribution is 7.91. The summed E-state index contributed by atoms with van der Waals surface area (Å²) in [5, 5.41) is 2.56. The molecule has 1 aliphatic rings. The maximum atomic E-state index is 12.0. The Bertz CT molecular complexity index is 786. The van der Waals surface area contributed by atoms with Crippen LogP contribution in [0.3, 0.4) is 0 Å². The van der Waals surface area contributed by atoms with E-state index in [1.807, 2.05) is 0 Å². The highest BCUT2D eigenvalue weighted by Crippen LogP contribution is 2.13. The quantitative estimate of drug-likeness (QED) is 0.538. The first kappa shape index (κ1) is 19.9. The normalized spacial score (nSPS) is 19.4. The average molecular weight is 383 g/mol. The van der Waals surface area contributed by atoms with Crippen molar-refractivity contribution in [3.63, 3.8) is 0 Å². The molecule has 0 aromatic heterocycles. The third-order valence-electron chi connectivity index (χ3n) is 3.87. The molecule has 2 rings (SSSR count). The molecule has 1 aliphatic heterocycles. The molecule has 8 nitrogen and oxygen atoms in total. The van der Waals surface area contributed by atoms with Gasteiger partial charge in [0.2, 0.25) is 0 Å². The number of ketones is 1. The van der Waals surface area contributed by atoms with Crippen LogP contribution in [0.5, 0.6) is 5.75 Å². The number of hydrogen-bond acceptors (Lipinski definition) is 7.